The van der Waals surface area contributed by atoms with Gasteiger partial charge in [0.15, 0.2) is 0 Å². The number of hydrogen-bond donors (Lipinski definition) is 0. The van der Waals surface area contributed by atoms with Gasteiger partial charge in [-0.05, 0) is 41.9 Å². The van der Waals surface area contributed by atoms with Crippen molar-refractivity contribution in [3.8, 4) is 0 Å². The molecule has 13 heavy (non-hydrogen) atoms. The molecule has 0 aromatic rings. The third-order valence-electron chi connectivity index (χ3n) is 6.01. The molecule has 6 aliphatic rings. The Kier molecular flexibility index (Phi) is 0.856. The van der Waals surface area contributed by atoms with Gasteiger partial charge in [0.25, 0.3) is 0 Å². The van der Waals surface area contributed by atoms with Gasteiger partial charge in [-0.15, -0.1) is 0 Å². The molecule has 6 saturated carbocycles. The second-order valence-electron chi connectivity index (χ2n) is 5.77. The van der Waals surface area contributed by atoms with Crippen LogP contribution in [0.2, 0.25) is 0 Å². The highest BCUT2D eigenvalue weighted by molar-refractivity contribution is 14.1. The molecule has 0 aromatic carbocycles. The van der Waals surface area contributed by atoms with Gasteiger partial charge in [-0.3, -0.25) is 4.79 Å². The van der Waals surface area contributed by atoms with Crippen LogP contribution in [0.5, 0.6) is 0 Å². The number of ketones is 1. The first-order valence-corrected chi connectivity index (χ1v) is 6.73. The van der Waals surface area contributed by atoms with Crippen LogP contribution in [0.4, 0.5) is 0 Å². The standard InChI is InChI=1S/C11H11IO/c12-10-6-2-1-3-4(6)9-8(10)5(2)7(3)11(9)13/h2-10H,1H2/t2-,3+,4+,5+,6-,7-,8-,9+,10+/m0/s1. The Morgan fingerprint density at radius 2 is 1.77 bits per heavy atom. The van der Waals surface area contributed by atoms with Crippen molar-refractivity contribution in [2.24, 2.45) is 47.3 Å². The van der Waals surface area contributed by atoms with Crippen LogP contribution < -0.4 is 0 Å². The maximum absolute atomic E-state index is 12.0. The number of carbonyl (C=O) groups is 1. The zero-order valence-electron chi connectivity index (χ0n) is 7.19. The Hall–Kier alpha value is 0.400. The first-order chi connectivity index (χ1) is 6.30. The molecule has 6 rings (SSSR count). The molecule has 0 aliphatic heterocycles. The molecule has 6 bridgehead atoms. The van der Waals surface area contributed by atoms with Crippen molar-refractivity contribution in [1.82, 2.24) is 0 Å². The van der Waals surface area contributed by atoms with Gasteiger partial charge in [0.1, 0.15) is 5.78 Å². The van der Waals surface area contributed by atoms with E-state index in [0.29, 0.717) is 17.6 Å². The lowest BCUT2D eigenvalue weighted by Crippen LogP contribution is -2.30. The molecule has 1 nitrogen and oxygen atoms in total. The van der Waals surface area contributed by atoms with E-state index in [1.807, 2.05) is 0 Å². The Morgan fingerprint density at radius 1 is 1.00 bits per heavy atom. The molecule has 2 heteroatoms. The van der Waals surface area contributed by atoms with E-state index in [0.717, 1.165) is 39.4 Å². The molecule has 0 unspecified atom stereocenters. The highest BCUT2D eigenvalue weighted by atomic mass is 127. The SMILES string of the molecule is O=C1[C@H]2[C@@H]3C[C@H]4[C@H]2[C@@H]2[C@H](I)[C@@H]4[C@@H]3[C@@H]12. The monoisotopic (exact) mass is 286 g/mol. The van der Waals surface area contributed by atoms with Crippen molar-refractivity contribution in [3.05, 3.63) is 0 Å². The summed E-state index contributed by atoms with van der Waals surface area (Å²) in [7, 11) is 0. The summed E-state index contributed by atoms with van der Waals surface area (Å²) in [5.41, 5.74) is 0. The van der Waals surface area contributed by atoms with Crippen molar-refractivity contribution in [2.45, 2.75) is 10.3 Å². The molecule has 6 fully saturated rings. The van der Waals surface area contributed by atoms with E-state index in [1.54, 1.807) is 0 Å². The second kappa shape index (κ2) is 1.63. The molecular weight excluding hydrogens is 275 g/mol. The molecule has 0 spiro atoms. The molecule has 0 amide bonds. The van der Waals surface area contributed by atoms with Crippen LogP contribution in [0.25, 0.3) is 0 Å². The Bertz CT molecular complexity index is 350. The summed E-state index contributed by atoms with van der Waals surface area (Å²) in [6.45, 7) is 0. The summed E-state index contributed by atoms with van der Waals surface area (Å²) in [6, 6.07) is 0. The van der Waals surface area contributed by atoms with E-state index in [2.05, 4.69) is 22.6 Å². The Labute approximate surface area is 90.8 Å². The number of rotatable bonds is 0. The van der Waals surface area contributed by atoms with Crippen LogP contribution in [0.1, 0.15) is 6.42 Å². The van der Waals surface area contributed by atoms with Crippen molar-refractivity contribution in [1.29, 1.82) is 0 Å². The van der Waals surface area contributed by atoms with Crippen molar-refractivity contribution in [3.63, 3.8) is 0 Å². The number of Topliss-reactive ketones (excluding diaryl/α,β-unsaturated/α-hetero) is 1. The molecule has 9 atom stereocenters. The summed E-state index contributed by atoms with van der Waals surface area (Å²) in [5.74, 6) is 7.27. The quantitative estimate of drug-likeness (QED) is 0.490. The van der Waals surface area contributed by atoms with Crippen molar-refractivity contribution >= 4 is 28.4 Å². The fraction of sp³-hybridized carbons (Fsp3) is 0.909. The lowest BCUT2D eigenvalue weighted by atomic mass is 9.71. The summed E-state index contributed by atoms with van der Waals surface area (Å²) in [6.07, 6.45) is 1.43. The highest BCUT2D eigenvalue weighted by Gasteiger charge is 2.83. The van der Waals surface area contributed by atoms with Crippen molar-refractivity contribution in [2.75, 3.05) is 0 Å². The normalized spacial score (nSPS) is 79.8. The van der Waals surface area contributed by atoms with E-state index in [9.17, 15) is 4.79 Å². The van der Waals surface area contributed by atoms with Gasteiger partial charge >= 0.3 is 0 Å². The van der Waals surface area contributed by atoms with Gasteiger partial charge in [-0.25, -0.2) is 0 Å². The molecule has 0 heterocycles. The molecule has 0 saturated heterocycles. The fourth-order valence-corrected chi connectivity index (χ4v) is 8.13. The minimum Gasteiger partial charge on any atom is -0.299 e. The summed E-state index contributed by atoms with van der Waals surface area (Å²) < 4.78 is 0.879. The van der Waals surface area contributed by atoms with Gasteiger partial charge in [0, 0.05) is 15.8 Å². The average Bonchev–Trinajstić information content (AvgIpc) is 2.78. The molecule has 0 radical (unpaired) electrons. The molecule has 0 N–H and O–H groups in total. The summed E-state index contributed by atoms with van der Waals surface area (Å²) in [5, 5.41) is 0. The molecule has 6 aliphatic carbocycles. The molecule has 68 valence electrons. The van der Waals surface area contributed by atoms with Crippen LogP contribution in [-0.2, 0) is 4.79 Å². The predicted molar refractivity (Wildman–Crippen MR) is 55.4 cm³/mol. The second-order valence-corrected chi connectivity index (χ2v) is 7.21. The van der Waals surface area contributed by atoms with Crippen LogP contribution in [-0.4, -0.2) is 9.71 Å². The van der Waals surface area contributed by atoms with Gasteiger partial charge in [0.05, 0.1) is 0 Å². The summed E-state index contributed by atoms with van der Waals surface area (Å²) in [4.78, 5) is 12.0. The van der Waals surface area contributed by atoms with Crippen LogP contribution in [0, 0.1) is 47.3 Å². The zero-order valence-corrected chi connectivity index (χ0v) is 9.35. The largest absolute Gasteiger partial charge is 0.299 e. The van der Waals surface area contributed by atoms with Gasteiger partial charge in [-0.1, -0.05) is 22.6 Å². The first-order valence-electron chi connectivity index (χ1n) is 5.48. The topological polar surface area (TPSA) is 17.1 Å². The van der Waals surface area contributed by atoms with E-state index in [-0.39, 0.29) is 0 Å². The number of hydrogen-bond acceptors (Lipinski definition) is 1. The lowest BCUT2D eigenvalue weighted by Gasteiger charge is -2.32. The maximum atomic E-state index is 12.0. The Morgan fingerprint density at radius 3 is 2.54 bits per heavy atom. The van der Waals surface area contributed by atoms with E-state index < -0.39 is 0 Å². The highest BCUT2D eigenvalue weighted by Crippen LogP contribution is 2.82. The molecule has 0 aromatic heterocycles. The maximum Gasteiger partial charge on any atom is 0.140 e. The molecular formula is C11H11IO. The van der Waals surface area contributed by atoms with E-state index in [4.69, 9.17) is 0 Å². The lowest BCUT2D eigenvalue weighted by molar-refractivity contribution is -0.122. The average molecular weight is 286 g/mol. The van der Waals surface area contributed by atoms with Crippen molar-refractivity contribution < 1.29 is 4.79 Å². The van der Waals surface area contributed by atoms with Gasteiger partial charge in [0.2, 0.25) is 0 Å². The third-order valence-corrected chi connectivity index (χ3v) is 7.67. The van der Waals surface area contributed by atoms with Crippen LogP contribution >= 0.6 is 22.6 Å². The number of carbonyl (C=O) groups excluding carboxylic acids is 1. The van der Waals surface area contributed by atoms with E-state index in [1.165, 1.54) is 6.42 Å². The van der Waals surface area contributed by atoms with E-state index >= 15 is 0 Å². The van der Waals surface area contributed by atoms with Gasteiger partial charge in [-0.2, -0.15) is 0 Å². The van der Waals surface area contributed by atoms with Crippen LogP contribution in [0.15, 0.2) is 0 Å². The number of alkyl halides is 1. The first kappa shape index (κ1) is 6.81. The Balaban J connectivity index is 1.90. The zero-order chi connectivity index (χ0) is 8.48. The fourth-order valence-electron chi connectivity index (χ4n) is 6.20. The smallest absolute Gasteiger partial charge is 0.140 e. The minimum atomic E-state index is 0.561. The van der Waals surface area contributed by atoms with Gasteiger partial charge < -0.3 is 0 Å². The number of halogens is 1. The summed E-state index contributed by atoms with van der Waals surface area (Å²) >= 11 is 2.66. The third kappa shape index (κ3) is 0.422. The minimum absolute atomic E-state index is 0.561. The van der Waals surface area contributed by atoms with Crippen LogP contribution in [0.3, 0.4) is 0 Å². The predicted octanol–water partition coefficient (Wildman–Crippen LogP) is 1.75.